The highest BCUT2D eigenvalue weighted by Crippen LogP contribution is 2.26. The fraction of sp³-hybridized carbons (Fsp3) is 0.391. The van der Waals surface area contributed by atoms with E-state index in [9.17, 15) is 18.0 Å². The topological polar surface area (TPSA) is 83.6 Å². The Morgan fingerprint density at radius 2 is 1.73 bits per heavy atom. The first kappa shape index (κ1) is 22.2. The van der Waals surface area contributed by atoms with E-state index in [0.29, 0.717) is 25.1 Å². The number of benzene rings is 2. The maximum atomic E-state index is 13.2. The van der Waals surface area contributed by atoms with Crippen LogP contribution in [0, 0.1) is 0 Å². The number of aryl methyl sites for hydroxylation is 1. The van der Waals surface area contributed by atoms with Crippen LogP contribution in [0.3, 0.4) is 0 Å². The van der Waals surface area contributed by atoms with Gasteiger partial charge in [-0.25, -0.2) is 8.42 Å². The maximum absolute atomic E-state index is 13.2. The fourth-order valence-electron chi connectivity index (χ4n) is 3.72. The molecule has 1 amide bonds. The molecule has 0 saturated carbocycles. The van der Waals surface area contributed by atoms with Crippen LogP contribution in [-0.4, -0.2) is 43.5 Å². The number of carbonyl (C=O) groups is 2. The Kier molecular flexibility index (Phi) is 7.39. The third-order valence-electron chi connectivity index (χ3n) is 5.41. The van der Waals surface area contributed by atoms with Gasteiger partial charge in [0.2, 0.25) is 15.9 Å². The molecule has 0 spiro atoms. The van der Waals surface area contributed by atoms with Crippen molar-refractivity contribution in [3.63, 3.8) is 0 Å². The second-order valence-electron chi connectivity index (χ2n) is 7.59. The zero-order chi connectivity index (χ0) is 21.6. The highest BCUT2D eigenvalue weighted by Gasteiger charge is 2.37. The van der Waals surface area contributed by atoms with Crippen LogP contribution in [0.15, 0.2) is 59.5 Å². The van der Waals surface area contributed by atoms with E-state index < -0.39 is 16.1 Å². The van der Waals surface area contributed by atoms with Crippen LogP contribution in [0.1, 0.15) is 48.5 Å². The number of nitrogens with one attached hydrogen (secondary N) is 1. The molecule has 1 aliphatic heterocycles. The molecule has 1 saturated heterocycles. The van der Waals surface area contributed by atoms with Crippen LogP contribution < -0.4 is 5.32 Å². The second-order valence-corrected chi connectivity index (χ2v) is 9.48. The summed E-state index contributed by atoms with van der Waals surface area (Å²) in [5.74, 6) is -0.364. The average molecular weight is 429 g/mol. The highest BCUT2D eigenvalue weighted by atomic mass is 32.2. The summed E-state index contributed by atoms with van der Waals surface area (Å²) in [6.45, 7) is 2.26. The number of rotatable bonds is 8. The number of piperidine rings is 1. The Labute approximate surface area is 178 Å². The molecule has 1 atom stereocenters. The van der Waals surface area contributed by atoms with E-state index in [1.54, 1.807) is 0 Å². The number of Topliss-reactive ketones (excluding diaryl/α,β-unsaturated/α-hetero) is 1. The van der Waals surface area contributed by atoms with Crippen LogP contribution in [0.2, 0.25) is 0 Å². The number of sulfonamides is 1. The summed E-state index contributed by atoms with van der Waals surface area (Å²) in [5.41, 5.74) is 1.67. The van der Waals surface area contributed by atoms with Gasteiger partial charge in [0.15, 0.2) is 5.78 Å². The molecular formula is C23H28N2O4S. The monoisotopic (exact) mass is 428 g/mol. The van der Waals surface area contributed by atoms with Crippen LogP contribution in [0.25, 0.3) is 0 Å². The van der Waals surface area contributed by atoms with Gasteiger partial charge in [-0.2, -0.15) is 4.31 Å². The van der Waals surface area contributed by atoms with Crippen LogP contribution in [0.5, 0.6) is 0 Å². The summed E-state index contributed by atoms with van der Waals surface area (Å²) in [7, 11) is -3.81. The van der Waals surface area contributed by atoms with Crippen molar-refractivity contribution in [2.45, 2.75) is 50.0 Å². The van der Waals surface area contributed by atoms with E-state index in [0.717, 1.165) is 25.7 Å². The smallest absolute Gasteiger partial charge is 0.243 e. The van der Waals surface area contributed by atoms with Crippen LogP contribution in [-0.2, 0) is 21.2 Å². The minimum absolute atomic E-state index is 0.108. The van der Waals surface area contributed by atoms with Gasteiger partial charge in [0.1, 0.15) is 6.04 Å². The quantitative estimate of drug-likeness (QED) is 0.517. The van der Waals surface area contributed by atoms with Gasteiger partial charge in [-0.3, -0.25) is 9.59 Å². The van der Waals surface area contributed by atoms with Gasteiger partial charge in [0.05, 0.1) is 4.90 Å². The summed E-state index contributed by atoms with van der Waals surface area (Å²) in [4.78, 5) is 24.3. The van der Waals surface area contributed by atoms with Crippen molar-refractivity contribution in [1.29, 1.82) is 0 Å². The molecule has 0 bridgehead atoms. The molecule has 0 aromatic heterocycles. The molecule has 7 heteroatoms. The van der Waals surface area contributed by atoms with E-state index >= 15 is 0 Å². The fourth-order valence-corrected chi connectivity index (χ4v) is 5.37. The third-order valence-corrected chi connectivity index (χ3v) is 7.33. The van der Waals surface area contributed by atoms with E-state index in [-0.39, 0.29) is 16.6 Å². The first-order chi connectivity index (χ1) is 14.4. The molecule has 1 heterocycles. The largest absolute Gasteiger partial charge is 0.355 e. The number of nitrogens with zero attached hydrogens (tertiary/aromatic N) is 1. The Bertz CT molecular complexity index is 972. The van der Waals surface area contributed by atoms with Crippen molar-refractivity contribution in [1.82, 2.24) is 9.62 Å². The van der Waals surface area contributed by atoms with E-state index in [1.165, 1.54) is 41.1 Å². The van der Waals surface area contributed by atoms with E-state index in [4.69, 9.17) is 0 Å². The molecule has 2 aromatic carbocycles. The predicted molar refractivity (Wildman–Crippen MR) is 116 cm³/mol. The molecule has 0 radical (unpaired) electrons. The Morgan fingerprint density at radius 3 is 2.40 bits per heavy atom. The molecule has 1 fully saturated rings. The lowest BCUT2D eigenvalue weighted by Crippen LogP contribution is -2.51. The van der Waals surface area contributed by atoms with E-state index in [2.05, 4.69) is 17.4 Å². The summed E-state index contributed by atoms with van der Waals surface area (Å²) in [6.07, 6.45) is 3.70. The first-order valence-electron chi connectivity index (χ1n) is 10.3. The molecule has 1 N–H and O–H groups in total. The number of hydrogen-bond donors (Lipinski definition) is 1. The van der Waals surface area contributed by atoms with Crippen molar-refractivity contribution < 1.29 is 18.0 Å². The van der Waals surface area contributed by atoms with Crippen LogP contribution >= 0.6 is 0 Å². The van der Waals surface area contributed by atoms with E-state index in [1.807, 2.05) is 18.2 Å². The zero-order valence-electron chi connectivity index (χ0n) is 17.2. The second kappa shape index (κ2) is 10.00. The van der Waals surface area contributed by atoms with Crippen molar-refractivity contribution in [2.24, 2.45) is 0 Å². The number of carbonyl (C=O) groups excluding carboxylic acids is 2. The van der Waals surface area contributed by atoms with Crippen molar-refractivity contribution in [3.05, 3.63) is 65.7 Å². The predicted octanol–water partition coefficient (Wildman–Crippen LogP) is 3.18. The van der Waals surface area contributed by atoms with Gasteiger partial charge >= 0.3 is 0 Å². The number of ketones is 1. The van der Waals surface area contributed by atoms with Crippen molar-refractivity contribution in [3.8, 4) is 0 Å². The first-order valence-corrected chi connectivity index (χ1v) is 11.8. The van der Waals surface area contributed by atoms with Gasteiger partial charge < -0.3 is 5.32 Å². The Hall–Kier alpha value is -2.51. The number of hydrogen-bond acceptors (Lipinski definition) is 4. The average Bonchev–Trinajstić information content (AvgIpc) is 2.77. The molecule has 3 rings (SSSR count). The lowest BCUT2D eigenvalue weighted by atomic mass is 10.0. The van der Waals surface area contributed by atoms with Crippen molar-refractivity contribution >= 4 is 21.7 Å². The minimum Gasteiger partial charge on any atom is -0.355 e. The standard InChI is InChI=1S/C23H28N2O4S/c1-18(26)20-12-14-21(15-13-20)30(28,29)25-17-6-5-11-22(25)23(27)24-16-7-10-19-8-3-2-4-9-19/h2-4,8-9,12-15,22H,5-7,10-11,16-17H2,1H3,(H,24,27). The normalized spacial score (nSPS) is 17.4. The summed E-state index contributed by atoms with van der Waals surface area (Å²) in [6, 6.07) is 15.2. The Morgan fingerprint density at radius 1 is 1.03 bits per heavy atom. The zero-order valence-corrected chi connectivity index (χ0v) is 18.0. The summed E-state index contributed by atoms with van der Waals surface area (Å²) in [5, 5.41) is 2.91. The van der Waals surface area contributed by atoms with Gasteiger partial charge in [-0.05, 0) is 50.3 Å². The lowest BCUT2D eigenvalue weighted by molar-refractivity contribution is -0.125. The molecule has 160 valence electrons. The van der Waals surface area contributed by atoms with Gasteiger partial charge in [-0.1, -0.05) is 48.9 Å². The van der Waals surface area contributed by atoms with Crippen molar-refractivity contribution in [2.75, 3.05) is 13.1 Å². The molecule has 1 unspecified atom stereocenters. The lowest BCUT2D eigenvalue weighted by Gasteiger charge is -2.33. The molecule has 30 heavy (non-hydrogen) atoms. The minimum atomic E-state index is -3.81. The van der Waals surface area contributed by atoms with Gasteiger partial charge in [0.25, 0.3) is 0 Å². The maximum Gasteiger partial charge on any atom is 0.243 e. The van der Waals surface area contributed by atoms with Crippen LogP contribution in [0.4, 0.5) is 0 Å². The molecule has 6 nitrogen and oxygen atoms in total. The molecule has 0 aliphatic carbocycles. The third kappa shape index (κ3) is 5.34. The van der Waals surface area contributed by atoms with Gasteiger partial charge in [0, 0.05) is 18.7 Å². The highest BCUT2D eigenvalue weighted by molar-refractivity contribution is 7.89. The summed E-state index contributed by atoms with van der Waals surface area (Å²) < 4.78 is 27.6. The Balaban J connectivity index is 1.64. The molecule has 1 aliphatic rings. The van der Waals surface area contributed by atoms with Gasteiger partial charge in [-0.15, -0.1) is 0 Å². The number of amides is 1. The molecule has 2 aromatic rings. The SMILES string of the molecule is CC(=O)c1ccc(S(=O)(=O)N2CCCCC2C(=O)NCCCc2ccccc2)cc1. The molecular weight excluding hydrogens is 400 g/mol. The summed E-state index contributed by atoms with van der Waals surface area (Å²) >= 11 is 0.